The molecule has 0 saturated carbocycles. The average Bonchev–Trinajstić information content (AvgIpc) is 2.56. The van der Waals surface area contributed by atoms with Gasteiger partial charge in [0.25, 0.3) is 0 Å². The monoisotopic (exact) mass is 423 g/mol. The van der Waals surface area contributed by atoms with Crippen molar-refractivity contribution in [3.05, 3.63) is 23.9 Å². The van der Waals surface area contributed by atoms with Gasteiger partial charge in [0.2, 0.25) is 0 Å². The molecule has 0 aromatic carbocycles. The molecule has 0 fully saturated rings. The van der Waals surface area contributed by atoms with Crippen LogP contribution in [0.15, 0.2) is 18.2 Å². The molecular formula is C21H37NSn. The van der Waals surface area contributed by atoms with Crippen LogP contribution in [0.25, 0.3) is 0 Å². The molecule has 0 bridgehead atoms. The molecule has 1 heterocycles. The third kappa shape index (κ3) is 7.58. The van der Waals surface area contributed by atoms with Crippen LogP contribution in [-0.2, 0) is 0 Å². The summed E-state index contributed by atoms with van der Waals surface area (Å²) in [5.41, 5.74) is 1.29. The Morgan fingerprint density at radius 2 is 1.43 bits per heavy atom. The summed E-state index contributed by atoms with van der Waals surface area (Å²) in [6.07, 6.45) is 12.5. The van der Waals surface area contributed by atoms with Crippen molar-refractivity contribution in [2.45, 2.75) is 102 Å². The summed E-state index contributed by atoms with van der Waals surface area (Å²) in [5.74, 6) is 0.547. The molecule has 1 aromatic rings. The van der Waals surface area contributed by atoms with E-state index in [1.807, 2.05) is 0 Å². The summed E-state index contributed by atoms with van der Waals surface area (Å²) in [4.78, 5) is 5.06. The summed E-state index contributed by atoms with van der Waals surface area (Å²) < 4.78 is 2.14. The molecule has 1 nitrogen and oxygen atoms in total. The second kappa shape index (κ2) is 11.5. The number of pyridine rings is 1. The maximum atomic E-state index is 5.06. The van der Waals surface area contributed by atoms with E-state index in [0.717, 1.165) is 0 Å². The first kappa shape index (κ1) is 21.0. The van der Waals surface area contributed by atoms with Gasteiger partial charge in [-0.1, -0.05) is 0 Å². The maximum absolute atomic E-state index is 5.06. The summed E-state index contributed by atoms with van der Waals surface area (Å²) in [7, 11) is 0. The summed E-state index contributed by atoms with van der Waals surface area (Å²) in [5, 5.41) is 0. The molecule has 23 heavy (non-hydrogen) atoms. The molecule has 0 amide bonds. The predicted molar refractivity (Wildman–Crippen MR) is 105 cm³/mol. The fourth-order valence-electron chi connectivity index (χ4n) is 3.22. The quantitative estimate of drug-likeness (QED) is 0.362. The average molecular weight is 422 g/mol. The molecule has 1 rings (SSSR count). The number of aromatic nitrogens is 1. The second-order valence-corrected chi connectivity index (χ2v) is 12.5. The zero-order valence-electron chi connectivity index (χ0n) is 16.1. The number of hydrogen-bond donors (Lipinski definition) is 0. The Bertz CT molecular complexity index is 406. The van der Waals surface area contributed by atoms with E-state index in [2.05, 4.69) is 52.8 Å². The Morgan fingerprint density at radius 1 is 0.913 bits per heavy atom. The minimum absolute atomic E-state index is 0.547. The van der Waals surface area contributed by atoms with Crippen molar-refractivity contribution < 1.29 is 0 Å². The normalized spacial score (nSPS) is 12.1. The molecule has 0 aliphatic carbocycles. The van der Waals surface area contributed by atoms with E-state index in [4.69, 9.17) is 4.98 Å². The molecule has 0 aliphatic heterocycles. The van der Waals surface area contributed by atoms with Crippen LogP contribution in [-0.4, -0.2) is 26.1 Å². The van der Waals surface area contributed by atoms with Gasteiger partial charge in [0.15, 0.2) is 0 Å². The van der Waals surface area contributed by atoms with Gasteiger partial charge < -0.3 is 0 Å². The van der Waals surface area contributed by atoms with Crippen molar-refractivity contribution >= 4 is 24.9 Å². The van der Waals surface area contributed by atoms with Gasteiger partial charge in [0.05, 0.1) is 0 Å². The van der Waals surface area contributed by atoms with Gasteiger partial charge in [-0.2, -0.15) is 0 Å². The molecular weight excluding hydrogens is 385 g/mol. The molecule has 130 valence electrons. The van der Waals surface area contributed by atoms with Crippen LogP contribution in [0, 0.1) is 0 Å². The topological polar surface area (TPSA) is 12.9 Å². The summed E-state index contributed by atoms with van der Waals surface area (Å²) in [6, 6.07) is 6.79. The fraction of sp³-hybridized carbons (Fsp3) is 0.762. The van der Waals surface area contributed by atoms with Gasteiger partial charge in [-0.3, -0.25) is 0 Å². The van der Waals surface area contributed by atoms with E-state index >= 15 is 0 Å². The molecule has 2 radical (unpaired) electrons. The summed E-state index contributed by atoms with van der Waals surface area (Å²) >= 11 is -0.667. The van der Waals surface area contributed by atoms with Crippen LogP contribution in [0.4, 0.5) is 0 Å². The van der Waals surface area contributed by atoms with Crippen LogP contribution in [0.5, 0.6) is 0 Å². The van der Waals surface area contributed by atoms with Crippen LogP contribution in [0.2, 0.25) is 3.43 Å². The van der Waals surface area contributed by atoms with Crippen LogP contribution in [0.3, 0.4) is 0 Å². The van der Waals surface area contributed by atoms with E-state index in [1.165, 1.54) is 67.2 Å². The molecule has 1 aromatic heterocycles. The number of rotatable bonds is 12. The van der Waals surface area contributed by atoms with E-state index in [0.29, 0.717) is 9.35 Å². The van der Waals surface area contributed by atoms with Crippen molar-refractivity contribution in [3.63, 3.8) is 0 Å². The second-order valence-electron chi connectivity index (χ2n) is 7.32. The standard InChI is InChI=1S/C13H27.C8H10N.Sn/c1-4-7-10-13(11-8-5-2)12-9-6-3;1-7(2)8-5-3-4-6-9-8;/h4-12H2,1-3H3;3-5,7H,1-2H3;. The molecule has 0 unspecified atom stereocenters. The van der Waals surface area contributed by atoms with Crippen LogP contribution >= 0.6 is 0 Å². The predicted octanol–water partition coefficient (Wildman–Crippen LogP) is 6.26. The Labute approximate surface area is 155 Å². The Morgan fingerprint density at radius 3 is 1.87 bits per heavy atom. The third-order valence-electron chi connectivity index (χ3n) is 4.78. The van der Waals surface area contributed by atoms with E-state index in [1.54, 1.807) is 0 Å². The fourth-order valence-corrected chi connectivity index (χ4v) is 8.40. The van der Waals surface area contributed by atoms with E-state index in [-0.39, 0.29) is 0 Å². The summed E-state index contributed by atoms with van der Waals surface area (Å²) in [6.45, 7) is 11.5. The number of nitrogens with zero attached hydrogens (tertiary/aromatic N) is 1. The van der Waals surface area contributed by atoms with Crippen molar-refractivity contribution in [2.75, 3.05) is 0 Å². The molecule has 0 saturated heterocycles. The van der Waals surface area contributed by atoms with Gasteiger partial charge in [-0.25, -0.2) is 0 Å². The van der Waals surface area contributed by atoms with Crippen LogP contribution in [0.1, 0.15) is 104 Å². The first-order chi connectivity index (χ1) is 11.1. The van der Waals surface area contributed by atoms with Gasteiger partial charge in [-0.05, 0) is 0 Å². The van der Waals surface area contributed by atoms with Crippen LogP contribution < -0.4 is 3.71 Å². The number of hydrogen-bond acceptors (Lipinski definition) is 1. The van der Waals surface area contributed by atoms with E-state index < -0.39 is 21.1 Å². The Kier molecular flexibility index (Phi) is 10.5. The molecule has 0 spiro atoms. The first-order valence-electron chi connectivity index (χ1n) is 9.82. The molecule has 2 heteroatoms. The van der Waals surface area contributed by atoms with Crippen molar-refractivity contribution in [2.24, 2.45) is 0 Å². The first-order valence-corrected chi connectivity index (χ1v) is 12.7. The van der Waals surface area contributed by atoms with E-state index in [9.17, 15) is 0 Å². The van der Waals surface area contributed by atoms with Crippen molar-refractivity contribution in [1.29, 1.82) is 0 Å². The number of unbranched alkanes of at least 4 members (excludes halogenated alkanes) is 3. The third-order valence-corrected chi connectivity index (χ3v) is 9.96. The van der Waals surface area contributed by atoms with Crippen molar-refractivity contribution in [1.82, 2.24) is 4.98 Å². The van der Waals surface area contributed by atoms with Crippen molar-refractivity contribution in [3.8, 4) is 0 Å². The minimum atomic E-state index is -0.667. The van der Waals surface area contributed by atoms with Gasteiger partial charge in [0.1, 0.15) is 0 Å². The zero-order valence-corrected chi connectivity index (χ0v) is 19.0. The SMILES string of the molecule is CCCC[C](CCCC)(CCCC)[Sn][c]1cccc(C(C)C)n1. The van der Waals surface area contributed by atoms with Gasteiger partial charge in [0, 0.05) is 0 Å². The molecule has 0 aliphatic rings. The Hall–Kier alpha value is -0.0513. The molecule has 0 N–H and O–H groups in total. The van der Waals surface area contributed by atoms with Gasteiger partial charge >= 0.3 is 155 Å². The zero-order chi connectivity index (χ0) is 17.1. The Balaban J connectivity index is 2.97. The molecule has 0 atom stereocenters. The van der Waals surface area contributed by atoms with Gasteiger partial charge in [-0.15, -0.1) is 0 Å².